The van der Waals surface area contributed by atoms with Gasteiger partial charge in [-0.2, -0.15) is 4.52 Å². The van der Waals surface area contributed by atoms with Crippen LogP contribution in [0, 0.1) is 0 Å². The molecule has 0 bridgehead atoms. The molecule has 0 spiro atoms. The van der Waals surface area contributed by atoms with E-state index >= 15 is 0 Å². The first-order chi connectivity index (χ1) is 5.12. The lowest BCUT2D eigenvalue weighted by atomic mass is 10.5. The van der Waals surface area contributed by atoms with Gasteiger partial charge in [0.25, 0.3) is 0 Å². The van der Waals surface area contributed by atoms with Crippen molar-refractivity contribution in [2.75, 3.05) is 0 Å². The highest BCUT2D eigenvalue weighted by Gasteiger charge is 2.41. The standard InChI is InChI=1S/C4H8F3O4P/c1-3(2)10-12(8,9)11-4(5,6)7/h3H,1-2H3,(H,8,9). The summed E-state index contributed by atoms with van der Waals surface area (Å²) in [6, 6.07) is 0. The van der Waals surface area contributed by atoms with E-state index in [1.807, 2.05) is 0 Å². The quantitative estimate of drug-likeness (QED) is 0.721. The lowest BCUT2D eigenvalue weighted by Crippen LogP contribution is -2.14. The summed E-state index contributed by atoms with van der Waals surface area (Å²) in [5, 5.41) is 0. The number of rotatable bonds is 3. The predicted octanol–water partition coefficient (Wildman–Crippen LogP) is 2.05. The second-order valence-electron chi connectivity index (χ2n) is 2.16. The zero-order valence-electron chi connectivity index (χ0n) is 6.33. The number of phosphoric acid groups is 1. The van der Waals surface area contributed by atoms with Gasteiger partial charge in [0, 0.05) is 0 Å². The van der Waals surface area contributed by atoms with E-state index in [0.29, 0.717) is 0 Å². The van der Waals surface area contributed by atoms with Gasteiger partial charge in [0.1, 0.15) is 0 Å². The van der Waals surface area contributed by atoms with Crippen LogP contribution in [0.5, 0.6) is 0 Å². The van der Waals surface area contributed by atoms with Gasteiger partial charge in [-0.15, -0.1) is 13.2 Å². The van der Waals surface area contributed by atoms with E-state index in [1.165, 1.54) is 13.8 Å². The van der Waals surface area contributed by atoms with E-state index in [4.69, 9.17) is 4.89 Å². The normalized spacial score (nSPS) is 17.9. The van der Waals surface area contributed by atoms with Crippen LogP contribution in [0.15, 0.2) is 0 Å². The van der Waals surface area contributed by atoms with Crippen LogP contribution in [0.2, 0.25) is 0 Å². The molecule has 0 rings (SSSR count). The Hall–Kier alpha value is -0.100. The summed E-state index contributed by atoms with van der Waals surface area (Å²) in [5.41, 5.74) is 0. The Morgan fingerprint density at radius 2 is 1.83 bits per heavy atom. The van der Waals surface area contributed by atoms with Crippen LogP contribution in [0.4, 0.5) is 13.2 Å². The van der Waals surface area contributed by atoms with Crippen LogP contribution in [-0.2, 0) is 13.6 Å². The van der Waals surface area contributed by atoms with Gasteiger partial charge in [0.15, 0.2) is 0 Å². The Morgan fingerprint density at radius 3 is 2.08 bits per heavy atom. The first kappa shape index (κ1) is 11.9. The summed E-state index contributed by atoms with van der Waals surface area (Å²) < 4.78 is 51.3. The van der Waals surface area contributed by atoms with Gasteiger partial charge < -0.3 is 4.89 Å². The average Bonchev–Trinajstić information content (AvgIpc) is 1.48. The van der Waals surface area contributed by atoms with E-state index < -0.39 is 20.3 Å². The van der Waals surface area contributed by atoms with Gasteiger partial charge in [0.05, 0.1) is 6.10 Å². The van der Waals surface area contributed by atoms with Crippen molar-refractivity contribution in [3.05, 3.63) is 0 Å². The van der Waals surface area contributed by atoms with Gasteiger partial charge in [-0.3, -0.25) is 4.52 Å². The Balaban J connectivity index is 4.15. The molecule has 0 radical (unpaired) electrons. The minimum atomic E-state index is -5.17. The second-order valence-corrected chi connectivity index (χ2v) is 3.49. The molecular formula is C4H8F3O4P. The first-order valence-electron chi connectivity index (χ1n) is 2.91. The molecule has 0 aromatic heterocycles. The maximum Gasteiger partial charge on any atom is 0.531 e. The molecule has 0 aliphatic rings. The van der Waals surface area contributed by atoms with Crippen molar-refractivity contribution in [3.8, 4) is 0 Å². The van der Waals surface area contributed by atoms with Gasteiger partial charge in [0.2, 0.25) is 0 Å². The molecule has 12 heavy (non-hydrogen) atoms. The first-order valence-corrected chi connectivity index (χ1v) is 4.40. The topological polar surface area (TPSA) is 55.8 Å². The molecule has 0 aliphatic heterocycles. The summed E-state index contributed by atoms with van der Waals surface area (Å²) in [5.74, 6) is 0. The van der Waals surface area contributed by atoms with Gasteiger partial charge in [-0.25, -0.2) is 4.57 Å². The average molecular weight is 208 g/mol. The van der Waals surface area contributed by atoms with Gasteiger partial charge in [-0.1, -0.05) is 0 Å². The zero-order valence-corrected chi connectivity index (χ0v) is 7.22. The van der Waals surface area contributed by atoms with E-state index in [1.54, 1.807) is 0 Å². The van der Waals surface area contributed by atoms with Crippen LogP contribution in [-0.4, -0.2) is 17.4 Å². The van der Waals surface area contributed by atoms with Crippen LogP contribution in [0.25, 0.3) is 0 Å². The fraction of sp³-hybridized carbons (Fsp3) is 1.00. The highest BCUT2D eigenvalue weighted by Crippen LogP contribution is 2.49. The molecule has 0 fully saturated rings. The minimum Gasteiger partial charge on any atom is -0.302 e. The highest BCUT2D eigenvalue weighted by atomic mass is 31.2. The number of hydrogen-bond acceptors (Lipinski definition) is 3. The summed E-state index contributed by atoms with van der Waals surface area (Å²) in [6.45, 7) is 2.62. The van der Waals surface area contributed by atoms with Crippen molar-refractivity contribution in [3.63, 3.8) is 0 Å². The van der Waals surface area contributed by atoms with E-state index in [0.717, 1.165) is 0 Å². The molecule has 0 aromatic carbocycles. The van der Waals surface area contributed by atoms with Gasteiger partial charge in [-0.05, 0) is 13.8 Å². The van der Waals surface area contributed by atoms with Crippen molar-refractivity contribution in [2.24, 2.45) is 0 Å². The van der Waals surface area contributed by atoms with Crippen molar-refractivity contribution in [1.82, 2.24) is 0 Å². The molecule has 1 atom stereocenters. The number of phosphoric ester groups is 1. The minimum absolute atomic E-state index is 0.816. The number of halogens is 3. The largest absolute Gasteiger partial charge is 0.531 e. The SMILES string of the molecule is CC(C)OP(=O)(O)OC(F)(F)F. The second kappa shape index (κ2) is 3.74. The van der Waals surface area contributed by atoms with Crippen molar-refractivity contribution in [1.29, 1.82) is 0 Å². The van der Waals surface area contributed by atoms with E-state index in [-0.39, 0.29) is 0 Å². The molecule has 0 heterocycles. The molecule has 74 valence electrons. The Bertz CT molecular complexity index is 189. The molecule has 0 aliphatic carbocycles. The lowest BCUT2D eigenvalue weighted by molar-refractivity contribution is -0.283. The smallest absolute Gasteiger partial charge is 0.302 e. The molecule has 0 aromatic rings. The Morgan fingerprint density at radius 1 is 1.42 bits per heavy atom. The van der Waals surface area contributed by atoms with Crippen molar-refractivity contribution < 1.29 is 31.7 Å². The number of hydrogen-bond donors (Lipinski definition) is 1. The van der Waals surface area contributed by atoms with Gasteiger partial charge >= 0.3 is 14.2 Å². The molecule has 1 unspecified atom stereocenters. The third-order valence-electron chi connectivity index (χ3n) is 0.563. The van der Waals surface area contributed by atoms with Crippen molar-refractivity contribution in [2.45, 2.75) is 26.3 Å². The monoisotopic (exact) mass is 208 g/mol. The van der Waals surface area contributed by atoms with E-state index in [2.05, 4.69) is 9.05 Å². The third kappa shape index (κ3) is 6.60. The van der Waals surface area contributed by atoms with E-state index in [9.17, 15) is 17.7 Å². The van der Waals surface area contributed by atoms with Crippen LogP contribution < -0.4 is 0 Å². The fourth-order valence-electron chi connectivity index (χ4n) is 0.419. The van der Waals surface area contributed by atoms with Crippen LogP contribution in [0.1, 0.15) is 13.8 Å². The maximum atomic E-state index is 11.4. The molecule has 0 saturated carbocycles. The summed E-state index contributed by atoms with van der Waals surface area (Å²) in [6.07, 6.45) is -5.98. The Labute approximate surface area is 66.9 Å². The van der Waals surface area contributed by atoms with Crippen molar-refractivity contribution >= 4 is 7.82 Å². The van der Waals surface area contributed by atoms with Crippen LogP contribution in [0.3, 0.4) is 0 Å². The highest BCUT2D eigenvalue weighted by molar-refractivity contribution is 7.47. The molecular weight excluding hydrogens is 200 g/mol. The molecule has 0 amide bonds. The number of alkyl halides is 3. The van der Waals surface area contributed by atoms with Crippen LogP contribution >= 0.6 is 7.82 Å². The molecule has 0 saturated heterocycles. The summed E-state index contributed by atoms with van der Waals surface area (Å²) in [7, 11) is -5.00. The lowest BCUT2D eigenvalue weighted by Gasteiger charge is -2.15. The summed E-state index contributed by atoms with van der Waals surface area (Å²) in [4.78, 5) is 8.41. The maximum absolute atomic E-state index is 11.4. The Kier molecular flexibility index (Phi) is 3.71. The molecule has 4 nitrogen and oxygen atoms in total. The molecule has 8 heteroatoms. The fourth-order valence-corrected chi connectivity index (χ4v) is 1.26. The molecule has 1 N–H and O–H groups in total. The predicted molar refractivity (Wildman–Crippen MR) is 33.2 cm³/mol. The summed E-state index contributed by atoms with van der Waals surface area (Å²) >= 11 is 0. The zero-order chi connectivity index (χ0) is 9.99. The third-order valence-corrected chi connectivity index (χ3v) is 1.69.